The average Bonchev–Trinajstić information content (AvgIpc) is 2.46. The summed E-state index contributed by atoms with van der Waals surface area (Å²) in [6.07, 6.45) is 0. The van der Waals surface area contributed by atoms with Gasteiger partial charge < -0.3 is 0 Å². The zero-order valence-corrected chi connectivity index (χ0v) is 12.4. The molecular formula is C12H12O6S2. The van der Waals surface area contributed by atoms with Crippen molar-refractivity contribution >= 4 is 31.0 Å². The Hall–Kier alpha value is -1.48. The van der Waals surface area contributed by atoms with Crippen molar-refractivity contribution in [2.75, 3.05) is 14.2 Å². The van der Waals surface area contributed by atoms with Gasteiger partial charge in [0.25, 0.3) is 20.2 Å². The normalized spacial score (nSPS) is 12.7. The molecule has 0 N–H and O–H groups in total. The van der Waals surface area contributed by atoms with Crippen LogP contribution in [-0.2, 0) is 28.6 Å². The van der Waals surface area contributed by atoms with Crippen molar-refractivity contribution in [2.45, 2.75) is 9.79 Å². The van der Waals surface area contributed by atoms with E-state index in [1.54, 1.807) is 12.1 Å². The number of benzene rings is 2. The Balaban J connectivity index is 2.68. The summed E-state index contributed by atoms with van der Waals surface area (Å²) in [5.41, 5.74) is 0. The van der Waals surface area contributed by atoms with Crippen LogP contribution in [0.15, 0.2) is 46.2 Å². The monoisotopic (exact) mass is 316 g/mol. The second-order valence-corrected chi connectivity index (χ2v) is 7.34. The van der Waals surface area contributed by atoms with Crippen LogP contribution < -0.4 is 0 Å². The van der Waals surface area contributed by atoms with Crippen molar-refractivity contribution in [1.29, 1.82) is 0 Å². The minimum atomic E-state index is -3.82. The summed E-state index contributed by atoms with van der Waals surface area (Å²) < 4.78 is 55.3. The zero-order valence-electron chi connectivity index (χ0n) is 10.7. The van der Waals surface area contributed by atoms with E-state index in [2.05, 4.69) is 8.37 Å². The summed E-state index contributed by atoms with van der Waals surface area (Å²) >= 11 is 0. The highest BCUT2D eigenvalue weighted by molar-refractivity contribution is 7.87. The van der Waals surface area contributed by atoms with Crippen LogP contribution in [0.25, 0.3) is 10.8 Å². The summed E-state index contributed by atoms with van der Waals surface area (Å²) in [5, 5.41) is 1.16. The molecular weight excluding hydrogens is 304 g/mol. The molecule has 0 heterocycles. The second-order valence-electron chi connectivity index (χ2n) is 3.91. The van der Waals surface area contributed by atoms with E-state index in [-0.39, 0.29) is 9.79 Å². The van der Waals surface area contributed by atoms with Gasteiger partial charge in [-0.3, -0.25) is 8.37 Å². The number of rotatable bonds is 4. The molecule has 0 aromatic heterocycles. The molecule has 0 radical (unpaired) electrons. The first kappa shape index (κ1) is 14.9. The van der Waals surface area contributed by atoms with E-state index < -0.39 is 20.2 Å². The Kier molecular flexibility index (Phi) is 3.83. The molecule has 0 fully saturated rings. The quantitative estimate of drug-likeness (QED) is 0.795. The van der Waals surface area contributed by atoms with E-state index in [4.69, 9.17) is 0 Å². The van der Waals surface area contributed by atoms with Gasteiger partial charge in [0.2, 0.25) is 0 Å². The van der Waals surface area contributed by atoms with Gasteiger partial charge in [-0.15, -0.1) is 0 Å². The van der Waals surface area contributed by atoms with E-state index in [0.29, 0.717) is 10.8 Å². The van der Waals surface area contributed by atoms with Gasteiger partial charge in [0.1, 0.15) is 0 Å². The fourth-order valence-electron chi connectivity index (χ4n) is 1.71. The van der Waals surface area contributed by atoms with Crippen LogP contribution in [0.5, 0.6) is 0 Å². The maximum Gasteiger partial charge on any atom is 0.296 e. The molecule has 0 saturated carbocycles. The predicted octanol–water partition coefficient (Wildman–Crippen LogP) is 1.51. The van der Waals surface area contributed by atoms with Crippen molar-refractivity contribution in [1.82, 2.24) is 0 Å². The third-order valence-electron chi connectivity index (χ3n) is 2.80. The van der Waals surface area contributed by atoms with Crippen LogP contribution in [0.4, 0.5) is 0 Å². The number of hydrogen-bond donors (Lipinski definition) is 0. The Labute approximate surface area is 117 Å². The van der Waals surface area contributed by atoms with E-state index >= 15 is 0 Å². The third-order valence-corrected chi connectivity index (χ3v) is 5.34. The maximum absolute atomic E-state index is 11.6. The lowest BCUT2D eigenvalue weighted by Gasteiger charge is -2.06. The first-order valence-corrected chi connectivity index (χ1v) is 8.27. The molecule has 0 bridgehead atoms. The number of fused-ring (bicyclic) bond motifs is 1. The first-order valence-electron chi connectivity index (χ1n) is 5.45. The van der Waals surface area contributed by atoms with E-state index in [1.165, 1.54) is 24.3 Å². The molecule has 0 aliphatic carbocycles. The summed E-state index contributed by atoms with van der Waals surface area (Å²) in [6.45, 7) is 0. The molecule has 0 spiro atoms. The molecule has 2 aromatic carbocycles. The van der Waals surface area contributed by atoms with E-state index in [9.17, 15) is 16.8 Å². The SMILES string of the molecule is COS(=O)(=O)c1ccc2ccc(S(=O)(=O)OC)cc2c1. The lowest BCUT2D eigenvalue weighted by Crippen LogP contribution is -2.04. The Bertz CT molecular complexity index is 784. The lowest BCUT2D eigenvalue weighted by atomic mass is 10.1. The van der Waals surface area contributed by atoms with Gasteiger partial charge in [0.05, 0.1) is 24.0 Å². The summed E-state index contributed by atoms with van der Waals surface area (Å²) in [5.74, 6) is 0. The molecule has 0 aliphatic rings. The van der Waals surface area contributed by atoms with Crippen molar-refractivity contribution in [3.05, 3.63) is 36.4 Å². The van der Waals surface area contributed by atoms with Gasteiger partial charge in [0, 0.05) is 0 Å². The molecule has 0 aliphatic heterocycles. The maximum atomic E-state index is 11.6. The predicted molar refractivity (Wildman–Crippen MR) is 72.3 cm³/mol. The largest absolute Gasteiger partial charge is 0.296 e. The topological polar surface area (TPSA) is 86.7 Å². The van der Waals surface area contributed by atoms with Gasteiger partial charge in [0.15, 0.2) is 0 Å². The highest BCUT2D eigenvalue weighted by Gasteiger charge is 2.16. The van der Waals surface area contributed by atoms with Gasteiger partial charge in [-0.2, -0.15) is 16.8 Å². The molecule has 6 nitrogen and oxygen atoms in total. The highest BCUT2D eigenvalue weighted by atomic mass is 32.2. The van der Waals surface area contributed by atoms with E-state index in [1.807, 2.05) is 0 Å². The lowest BCUT2D eigenvalue weighted by molar-refractivity contribution is 0.397. The molecule has 0 amide bonds. The third kappa shape index (κ3) is 2.68. The summed E-state index contributed by atoms with van der Waals surface area (Å²) in [7, 11) is -5.53. The molecule has 2 aromatic rings. The molecule has 108 valence electrons. The Morgan fingerprint density at radius 1 is 0.700 bits per heavy atom. The first-order chi connectivity index (χ1) is 9.30. The van der Waals surface area contributed by atoms with E-state index in [0.717, 1.165) is 14.2 Å². The van der Waals surface area contributed by atoms with Crippen molar-refractivity contribution in [3.63, 3.8) is 0 Å². The smallest absolute Gasteiger partial charge is 0.270 e. The fourth-order valence-corrected chi connectivity index (χ4v) is 3.10. The summed E-state index contributed by atoms with van der Waals surface area (Å²) in [4.78, 5) is -0.0843. The minimum Gasteiger partial charge on any atom is -0.270 e. The van der Waals surface area contributed by atoms with Crippen LogP contribution in [-0.4, -0.2) is 31.1 Å². The Morgan fingerprint density at radius 3 is 1.45 bits per heavy atom. The minimum absolute atomic E-state index is 0.0422. The standard InChI is InChI=1S/C12H12O6S2/c1-17-19(13,14)11-5-3-9-4-6-12(8-10(9)7-11)20(15,16)18-2/h3-8H,1-2H3. The molecule has 8 heteroatoms. The van der Waals surface area contributed by atoms with Gasteiger partial charge in [-0.1, -0.05) is 12.1 Å². The molecule has 2 rings (SSSR count). The van der Waals surface area contributed by atoms with Crippen LogP contribution in [0.3, 0.4) is 0 Å². The van der Waals surface area contributed by atoms with Crippen LogP contribution >= 0.6 is 0 Å². The average molecular weight is 316 g/mol. The molecule has 0 atom stereocenters. The number of hydrogen-bond acceptors (Lipinski definition) is 6. The van der Waals surface area contributed by atoms with Crippen molar-refractivity contribution in [3.8, 4) is 0 Å². The highest BCUT2D eigenvalue weighted by Crippen LogP contribution is 2.23. The Morgan fingerprint density at radius 2 is 1.10 bits per heavy atom. The van der Waals surface area contributed by atoms with Gasteiger partial charge in [-0.05, 0) is 35.0 Å². The molecule has 0 unspecified atom stereocenters. The van der Waals surface area contributed by atoms with Gasteiger partial charge >= 0.3 is 0 Å². The molecule has 0 saturated heterocycles. The fraction of sp³-hybridized carbons (Fsp3) is 0.167. The van der Waals surface area contributed by atoms with Crippen molar-refractivity contribution in [2.24, 2.45) is 0 Å². The molecule has 20 heavy (non-hydrogen) atoms. The zero-order chi connectivity index (χ0) is 15.0. The van der Waals surface area contributed by atoms with Crippen molar-refractivity contribution < 1.29 is 25.2 Å². The summed E-state index contributed by atoms with van der Waals surface area (Å²) in [6, 6.07) is 8.64. The van der Waals surface area contributed by atoms with Crippen LogP contribution in [0, 0.1) is 0 Å². The van der Waals surface area contributed by atoms with Crippen LogP contribution in [0.2, 0.25) is 0 Å². The second kappa shape index (κ2) is 5.13. The van der Waals surface area contributed by atoms with Crippen LogP contribution in [0.1, 0.15) is 0 Å². The van der Waals surface area contributed by atoms with Gasteiger partial charge in [-0.25, -0.2) is 0 Å².